The van der Waals surface area contributed by atoms with Crippen molar-refractivity contribution in [1.82, 2.24) is 0 Å². The van der Waals surface area contributed by atoms with Crippen LogP contribution in [-0.2, 0) is 4.79 Å². The van der Waals surface area contributed by atoms with Crippen LogP contribution in [0.25, 0.3) is 0 Å². The van der Waals surface area contributed by atoms with Crippen molar-refractivity contribution in [2.24, 2.45) is 0 Å². The topological polar surface area (TPSA) is 29.1 Å². The lowest BCUT2D eigenvalue weighted by molar-refractivity contribution is -0.116. The third-order valence-corrected chi connectivity index (χ3v) is 3.15. The van der Waals surface area contributed by atoms with Crippen LogP contribution in [0.3, 0.4) is 0 Å². The highest BCUT2D eigenvalue weighted by atomic mass is 79.9. The summed E-state index contributed by atoms with van der Waals surface area (Å²) in [4.78, 5) is 11.4. The average Bonchev–Trinajstić information content (AvgIpc) is 2.15. The predicted octanol–water partition coefficient (Wildman–Crippen LogP) is 3.28. The Morgan fingerprint density at radius 1 is 1.57 bits per heavy atom. The maximum absolute atomic E-state index is 11.4. The second-order valence-corrected chi connectivity index (χ2v) is 4.50. The fraction of sp³-hybridized carbons (Fsp3) is 0.364. The molecule has 0 spiro atoms. The van der Waals surface area contributed by atoms with Crippen LogP contribution in [0.15, 0.2) is 22.7 Å². The second kappa shape index (κ2) is 3.73. The van der Waals surface area contributed by atoms with Crippen LogP contribution in [0.1, 0.15) is 31.2 Å². The van der Waals surface area contributed by atoms with E-state index in [9.17, 15) is 4.79 Å². The largest absolute Gasteiger partial charge is 0.326 e. The van der Waals surface area contributed by atoms with Crippen LogP contribution >= 0.6 is 15.9 Å². The monoisotopic (exact) mass is 253 g/mol. The van der Waals surface area contributed by atoms with E-state index in [0.717, 1.165) is 16.6 Å². The lowest BCUT2D eigenvalue weighted by atomic mass is 9.89. The molecule has 74 valence electrons. The molecule has 14 heavy (non-hydrogen) atoms. The summed E-state index contributed by atoms with van der Waals surface area (Å²) in [5, 5.41) is 2.90. The third kappa shape index (κ3) is 1.69. The van der Waals surface area contributed by atoms with E-state index in [2.05, 4.69) is 34.2 Å². The Morgan fingerprint density at radius 2 is 2.36 bits per heavy atom. The van der Waals surface area contributed by atoms with Gasteiger partial charge >= 0.3 is 0 Å². The number of halogens is 1. The van der Waals surface area contributed by atoms with Gasteiger partial charge in [0.05, 0.1) is 0 Å². The highest BCUT2D eigenvalue weighted by Crippen LogP contribution is 2.35. The minimum atomic E-state index is 0.127. The Morgan fingerprint density at radius 3 is 3.07 bits per heavy atom. The van der Waals surface area contributed by atoms with E-state index in [1.54, 1.807) is 0 Å². The molecule has 1 amide bonds. The summed E-state index contributed by atoms with van der Waals surface area (Å²) in [6.07, 6.45) is 1.63. The minimum absolute atomic E-state index is 0.127. The first-order chi connectivity index (χ1) is 6.70. The predicted molar refractivity (Wildman–Crippen MR) is 60.4 cm³/mol. The van der Waals surface area contributed by atoms with Gasteiger partial charge in [0.25, 0.3) is 0 Å². The molecule has 1 aliphatic heterocycles. The molecule has 3 heteroatoms. The van der Waals surface area contributed by atoms with Crippen LogP contribution in [0, 0.1) is 0 Å². The molecule has 0 saturated heterocycles. The molecule has 0 saturated carbocycles. The molecule has 1 N–H and O–H groups in total. The Kier molecular flexibility index (Phi) is 2.59. The van der Waals surface area contributed by atoms with E-state index in [1.165, 1.54) is 5.56 Å². The molecule has 1 aromatic rings. The number of amides is 1. The quantitative estimate of drug-likeness (QED) is 0.818. The van der Waals surface area contributed by atoms with Gasteiger partial charge in [-0.1, -0.05) is 28.9 Å². The molecule has 0 bridgehead atoms. The van der Waals surface area contributed by atoms with Gasteiger partial charge in [-0.15, -0.1) is 0 Å². The number of rotatable bonds is 1. The summed E-state index contributed by atoms with van der Waals surface area (Å²) in [7, 11) is 0. The molecule has 1 unspecified atom stereocenters. The maximum atomic E-state index is 11.4. The minimum Gasteiger partial charge on any atom is -0.326 e. The first kappa shape index (κ1) is 9.71. The number of hydrogen-bond donors (Lipinski definition) is 1. The summed E-state index contributed by atoms with van der Waals surface area (Å²) in [5.74, 6) is 0.509. The van der Waals surface area contributed by atoms with Crippen LogP contribution in [0.5, 0.6) is 0 Å². The molecular formula is C11H12BrNO. The van der Waals surface area contributed by atoms with Crippen molar-refractivity contribution in [2.45, 2.75) is 25.7 Å². The third-order valence-electron chi connectivity index (χ3n) is 2.65. The Hall–Kier alpha value is -0.830. The number of carbonyl (C=O) groups excluding carboxylic acids is 1. The van der Waals surface area contributed by atoms with E-state index < -0.39 is 0 Å². The molecular weight excluding hydrogens is 242 g/mol. The van der Waals surface area contributed by atoms with Crippen LogP contribution in [0.4, 0.5) is 5.69 Å². The van der Waals surface area contributed by atoms with Crippen molar-refractivity contribution in [3.05, 3.63) is 28.2 Å². The van der Waals surface area contributed by atoms with Crippen molar-refractivity contribution in [2.75, 3.05) is 5.32 Å². The first-order valence-electron chi connectivity index (χ1n) is 4.80. The lowest BCUT2D eigenvalue weighted by Gasteiger charge is -2.24. The normalized spacial score (nSPS) is 20.1. The van der Waals surface area contributed by atoms with Crippen molar-refractivity contribution in [3.63, 3.8) is 0 Å². The first-order valence-corrected chi connectivity index (χ1v) is 5.59. The van der Waals surface area contributed by atoms with E-state index in [1.807, 2.05) is 12.1 Å². The molecule has 0 fully saturated rings. The van der Waals surface area contributed by atoms with Crippen LogP contribution in [0.2, 0.25) is 0 Å². The van der Waals surface area contributed by atoms with E-state index in [0.29, 0.717) is 12.3 Å². The van der Waals surface area contributed by atoms with Gasteiger partial charge in [-0.25, -0.2) is 0 Å². The molecule has 2 nitrogen and oxygen atoms in total. The zero-order chi connectivity index (χ0) is 10.1. The molecule has 1 aliphatic rings. The van der Waals surface area contributed by atoms with Gasteiger partial charge in [-0.3, -0.25) is 4.79 Å². The Balaban J connectivity index is 2.45. The zero-order valence-corrected chi connectivity index (χ0v) is 9.60. The molecule has 1 aromatic carbocycles. The number of fused-ring (bicyclic) bond motifs is 1. The molecule has 0 radical (unpaired) electrons. The molecule has 1 atom stereocenters. The van der Waals surface area contributed by atoms with Gasteiger partial charge in [0, 0.05) is 16.6 Å². The van der Waals surface area contributed by atoms with Crippen LogP contribution < -0.4 is 5.32 Å². The summed E-state index contributed by atoms with van der Waals surface area (Å²) in [6, 6.07) is 6.08. The molecule has 0 aliphatic carbocycles. The van der Waals surface area contributed by atoms with Gasteiger partial charge in [0.2, 0.25) is 5.91 Å². The van der Waals surface area contributed by atoms with Gasteiger partial charge in [0.15, 0.2) is 0 Å². The van der Waals surface area contributed by atoms with E-state index >= 15 is 0 Å². The summed E-state index contributed by atoms with van der Waals surface area (Å²) >= 11 is 3.40. The van der Waals surface area contributed by atoms with Crippen molar-refractivity contribution in [3.8, 4) is 0 Å². The summed E-state index contributed by atoms with van der Waals surface area (Å²) in [6.45, 7) is 2.12. The molecule has 1 heterocycles. The summed E-state index contributed by atoms with van der Waals surface area (Å²) in [5.41, 5.74) is 2.22. The van der Waals surface area contributed by atoms with E-state index in [-0.39, 0.29) is 5.91 Å². The average molecular weight is 254 g/mol. The zero-order valence-electron chi connectivity index (χ0n) is 8.01. The number of anilines is 1. The maximum Gasteiger partial charge on any atom is 0.224 e. The molecule has 0 aromatic heterocycles. The number of nitrogens with one attached hydrogen (secondary N) is 1. The van der Waals surface area contributed by atoms with Crippen molar-refractivity contribution < 1.29 is 4.79 Å². The molecule has 2 rings (SSSR count). The number of hydrogen-bond acceptors (Lipinski definition) is 1. The lowest BCUT2D eigenvalue weighted by Crippen LogP contribution is -2.22. The van der Waals surface area contributed by atoms with Gasteiger partial charge in [-0.05, 0) is 30.0 Å². The second-order valence-electron chi connectivity index (χ2n) is 3.59. The Bertz CT molecular complexity index is 376. The highest BCUT2D eigenvalue weighted by molar-refractivity contribution is 9.10. The fourth-order valence-electron chi connectivity index (χ4n) is 1.89. The van der Waals surface area contributed by atoms with Gasteiger partial charge < -0.3 is 5.32 Å². The van der Waals surface area contributed by atoms with E-state index in [4.69, 9.17) is 0 Å². The fourth-order valence-corrected chi connectivity index (χ4v) is 2.25. The summed E-state index contributed by atoms with van der Waals surface area (Å²) < 4.78 is 1.01. The Labute approximate surface area is 91.8 Å². The number of carbonyl (C=O) groups is 1. The van der Waals surface area contributed by atoms with Gasteiger partial charge in [0.1, 0.15) is 0 Å². The van der Waals surface area contributed by atoms with Gasteiger partial charge in [-0.2, -0.15) is 0 Å². The highest BCUT2D eigenvalue weighted by Gasteiger charge is 2.23. The SMILES string of the molecule is CCC1CC(=O)Nc2cc(Br)ccc21. The standard InChI is InChI=1S/C11H12BrNO/c1-2-7-5-11(14)13-10-6-8(12)3-4-9(7)10/h3-4,6-7H,2,5H2,1H3,(H,13,14). The van der Waals surface area contributed by atoms with Crippen LogP contribution in [-0.4, -0.2) is 5.91 Å². The van der Waals surface area contributed by atoms with Crippen molar-refractivity contribution in [1.29, 1.82) is 0 Å². The number of benzene rings is 1. The van der Waals surface area contributed by atoms with Crippen molar-refractivity contribution >= 4 is 27.5 Å². The smallest absolute Gasteiger partial charge is 0.224 e.